The lowest BCUT2D eigenvalue weighted by Gasteiger charge is -2.15. The fourth-order valence-corrected chi connectivity index (χ4v) is 3.93. The molecular weight excluding hydrogens is 400 g/mol. The van der Waals surface area contributed by atoms with Crippen LogP contribution >= 0.6 is 24.0 Å². The molecule has 2 aromatic rings. The summed E-state index contributed by atoms with van der Waals surface area (Å²) < 4.78 is 0.556. The Morgan fingerprint density at radius 1 is 1.03 bits per heavy atom. The van der Waals surface area contributed by atoms with Gasteiger partial charge < -0.3 is 0 Å². The highest BCUT2D eigenvalue weighted by atomic mass is 32.2. The zero-order valence-corrected chi connectivity index (χ0v) is 17.5. The van der Waals surface area contributed by atoms with E-state index >= 15 is 0 Å². The first kappa shape index (κ1) is 20.8. The minimum Gasteiger partial charge on any atom is -0.288 e. The van der Waals surface area contributed by atoms with Crippen molar-refractivity contribution in [2.45, 2.75) is 13.5 Å². The van der Waals surface area contributed by atoms with E-state index in [1.807, 2.05) is 60.7 Å². The van der Waals surface area contributed by atoms with Gasteiger partial charge in [0.2, 0.25) is 5.91 Å². The van der Waals surface area contributed by atoms with Crippen LogP contribution in [0.25, 0.3) is 0 Å². The monoisotopic (exact) mass is 420 g/mol. The van der Waals surface area contributed by atoms with Crippen LogP contribution in [-0.2, 0) is 16.1 Å². The summed E-state index contributed by atoms with van der Waals surface area (Å²) in [5.74, 6) is -0.172. The normalized spacial score (nSPS) is 15.8. The molecule has 3 rings (SSSR count). The highest BCUT2D eigenvalue weighted by Gasteiger charge is 2.31. The molecule has 1 fully saturated rings. The molecule has 4 nitrogen and oxygen atoms in total. The van der Waals surface area contributed by atoms with E-state index in [0.717, 1.165) is 11.3 Å². The number of anilines is 1. The molecule has 0 atom stereocenters. The fraction of sp³-hybridized carbons (Fsp3) is 0.0870. The van der Waals surface area contributed by atoms with Gasteiger partial charge in [0.05, 0.1) is 11.4 Å². The molecule has 6 heteroatoms. The summed E-state index contributed by atoms with van der Waals surface area (Å²) in [6.45, 7) is 1.98. The van der Waals surface area contributed by atoms with Crippen molar-refractivity contribution in [3.63, 3.8) is 0 Å². The summed E-state index contributed by atoms with van der Waals surface area (Å²) in [6.07, 6.45) is 8.75. The van der Waals surface area contributed by atoms with Crippen molar-refractivity contribution in [3.05, 3.63) is 102 Å². The Kier molecular flexibility index (Phi) is 7.16. The molecule has 1 saturated heterocycles. The van der Waals surface area contributed by atoms with Gasteiger partial charge in [0, 0.05) is 18.8 Å². The van der Waals surface area contributed by atoms with E-state index in [2.05, 4.69) is 0 Å². The minimum atomic E-state index is -0.0906. The van der Waals surface area contributed by atoms with Gasteiger partial charge in [-0.05, 0) is 29.8 Å². The second-order valence-corrected chi connectivity index (χ2v) is 7.90. The third-order valence-electron chi connectivity index (χ3n) is 4.14. The number of allylic oxidation sites excluding steroid dienone is 4. The van der Waals surface area contributed by atoms with Crippen molar-refractivity contribution in [3.8, 4) is 0 Å². The highest BCUT2D eigenvalue weighted by Crippen LogP contribution is 2.32. The van der Waals surface area contributed by atoms with Crippen molar-refractivity contribution in [2.75, 3.05) is 4.90 Å². The van der Waals surface area contributed by atoms with Gasteiger partial charge in [-0.3, -0.25) is 19.4 Å². The number of benzene rings is 2. The van der Waals surface area contributed by atoms with Crippen LogP contribution in [0.3, 0.4) is 0 Å². The molecule has 0 spiro atoms. The Morgan fingerprint density at radius 2 is 1.69 bits per heavy atom. The van der Waals surface area contributed by atoms with Crippen molar-refractivity contribution in [1.29, 1.82) is 0 Å². The zero-order chi connectivity index (χ0) is 20.6. The van der Waals surface area contributed by atoms with Crippen molar-refractivity contribution in [1.82, 2.24) is 4.90 Å². The maximum absolute atomic E-state index is 12.6. The lowest BCUT2D eigenvalue weighted by atomic mass is 10.2. The van der Waals surface area contributed by atoms with Gasteiger partial charge in [-0.1, -0.05) is 84.7 Å². The molecule has 1 heterocycles. The molecule has 0 saturated carbocycles. The summed E-state index contributed by atoms with van der Waals surface area (Å²) >= 11 is 6.65. The van der Waals surface area contributed by atoms with Gasteiger partial charge in [0.15, 0.2) is 0 Å². The average Bonchev–Trinajstić information content (AvgIpc) is 2.99. The second kappa shape index (κ2) is 10.0. The van der Waals surface area contributed by atoms with Gasteiger partial charge >= 0.3 is 0 Å². The quantitative estimate of drug-likeness (QED) is 0.372. The van der Waals surface area contributed by atoms with Gasteiger partial charge in [-0.15, -0.1) is 0 Å². The number of carbonyl (C=O) groups is 2. The molecule has 0 unspecified atom stereocenters. The first-order valence-electron chi connectivity index (χ1n) is 9.04. The fourth-order valence-electron chi connectivity index (χ4n) is 2.72. The predicted molar refractivity (Wildman–Crippen MR) is 123 cm³/mol. The van der Waals surface area contributed by atoms with E-state index in [1.165, 1.54) is 18.7 Å². The molecule has 1 aliphatic heterocycles. The SMILES string of the molecule is CC(=O)N(/C=C/C=C/C=C1/SC(=S)N(Cc2ccccc2)C1=O)c1ccccc1. The molecule has 0 bridgehead atoms. The number of thiocarbonyl (C=S) groups is 1. The Hall–Kier alpha value is -2.96. The molecule has 146 valence electrons. The number of hydrogen-bond donors (Lipinski definition) is 0. The zero-order valence-electron chi connectivity index (χ0n) is 15.9. The number of nitrogens with zero attached hydrogens (tertiary/aromatic N) is 2. The van der Waals surface area contributed by atoms with Crippen LogP contribution in [0.2, 0.25) is 0 Å². The lowest BCUT2D eigenvalue weighted by Crippen LogP contribution is -2.27. The van der Waals surface area contributed by atoms with Gasteiger partial charge in [-0.2, -0.15) is 0 Å². The molecule has 0 N–H and O–H groups in total. The van der Waals surface area contributed by atoms with Crippen LogP contribution in [0.4, 0.5) is 5.69 Å². The van der Waals surface area contributed by atoms with E-state index in [1.54, 1.807) is 40.3 Å². The van der Waals surface area contributed by atoms with Crippen LogP contribution in [0.5, 0.6) is 0 Å². The van der Waals surface area contributed by atoms with Crippen LogP contribution in [0, 0.1) is 0 Å². The molecule has 1 aliphatic rings. The minimum absolute atomic E-state index is 0.0809. The number of para-hydroxylation sites is 1. The second-order valence-electron chi connectivity index (χ2n) is 6.23. The third-order valence-corrected chi connectivity index (χ3v) is 5.53. The average molecular weight is 421 g/mol. The molecule has 2 aromatic carbocycles. The van der Waals surface area contributed by atoms with E-state index < -0.39 is 0 Å². The van der Waals surface area contributed by atoms with Crippen LogP contribution in [-0.4, -0.2) is 21.0 Å². The predicted octanol–water partition coefficient (Wildman–Crippen LogP) is 5.05. The highest BCUT2D eigenvalue weighted by molar-refractivity contribution is 8.26. The summed E-state index contributed by atoms with van der Waals surface area (Å²) in [7, 11) is 0. The van der Waals surface area contributed by atoms with Gasteiger partial charge in [0.1, 0.15) is 4.32 Å². The van der Waals surface area contributed by atoms with E-state index in [-0.39, 0.29) is 11.8 Å². The number of hydrogen-bond acceptors (Lipinski definition) is 4. The summed E-state index contributed by atoms with van der Waals surface area (Å²) in [6, 6.07) is 19.2. The maximum Gasteiger partial charge on any atom is 0.266 e. The number of carbonyl (C=O) groups excluding carboxylic acids is 2. The number of amides is 2. The molecule has 0 radical (unpaired) electrons. The van der Waals surface area contributed by atoms with Crippen molar-refractivity contribution < 1.29 is 9.59 Å². The van der Waals surface area contributed by atoms with Gasteiger partial charge in [-0.25, -0.2) is 0 Å². The molecule has 0 aromatic heterocycles. The largest absolute Gasteiger partial charge is 0.288 e. The summed E-state index contributed by atoms with van der Waals surface area (Å²) in [5.41, 5.74) is 1.83. The Morgan fingerprint density at radius 3 is 2.34 bits per heavy atom. The van der Waals surface area contributed by atoms with Crippen molar-refractivity contribution in [2.24, 2.45) is 0 Å². The van der Waals surface area contributed by atoms with Crippen LogP contribution < -0.4 is 4.90 Å². The van der Waals surface area contributed by atoms with Crippen molar-refractivity contribution >= 4 is 45.8 Å². The number of thioether (sulfide) groups is 1. The maximum atomic E-state index is 12.6. The van der Waals surface area contributed by atoms with E-state index in [0.29, 0.717) is 15.8 Å². The number of rotatable bonds is 6. The molecular formula is C23H20N2O2S2. The van der Waals surface area contributed by atoms with Crippen LogP contribution in [0.1, 0.15) is 12.5 Å². The topological polar surface area (TPSA) is 40.6 Å². The van der Waals surface area contributed by atoms with Gasteiger partial charge in [0.25, 0.3) is 5.91 Å². The summed E-state index contributed by atoms with van der Waals surface area (Å²) in [4.78, 5) is 28.2. The first-order valence-corrected chi connectivity index (χ1v) is 10.3. The van der Waals surface area contributed by atoms with E-state index in [4.69, 9.17) is 12.2 Å². The molecule has 29 heavy (non-hydrogen) atoms. The van der Waals surface area contributed by atoms with E-state index in [9.17, 15) is 9.59 Å². The Bertz CT molecular complexity index is 982. The Balaban J connectivity index is 1.64. The third kappa shape index (κ3) is 5.53. The standard InChI is InChI=1S/C23H20N2O2S2/c1-18(26)24(20-13-7-3-8-14-20)16-10-4-9-15-21-22(27)25(23(28)29-21)17-19-11-5-2-6-12-19/h2-16H,17H2,1H3/b9-4+,16-10+,21-15+. The molecule has 0 aliphatic carbocycles. The first-order chi connectivity index (χ1) is 14.1. The molecule has 2 amide bonds. The smallest absolute Gasteiger partial charge is 0.266 e. The Labute approximate surface area is 180 Å². The summed E-state index contributed by atoms with van der Waals surface area (Å²) in [5, 5.41) is 0. The lowest BCUT2D eigenvalue weighted by molar-refractivity contribution is -0.122. The van der Waals surface area contributed by atoms with Crippen LogP contribution in [0.15, 0.2) is 96.1 Å².